The van der Waals surface area contributed by atoms with E-state index in [9.17, 15) is 9.90 Å². The molecular weight excluding hydrogens is 430 g/mol. The fraction of sp³-hybridized carbons (Fsp3) is 0.741. The number of rotatable bonds is 15. The fourth-order valence-corrected chi connectivity index (χ4v) is 4.53. The Balaban J connectivity index is 1.87. The maximum Gasteiger partial charge on any atom is 0.255 e. The molecule has 194 valence electrons. The lowest BCUT2D eigenvalue weighted by Crippen LogP contribution is -2.49. The second kappa shape index (κ2) is 15.4. The number of nitrogens with one attached hydrogen (secondary N) is 1. The van der Waals surface area contributed by atoms with E-state index < -0.39 is 6.10 Å². The highest BCUT2D eigenvalue weighted by molar-refractivity contribution is 5.96. The minimum Gasteiger partial charge on any atom is -0.493 e. The molecule has 3 unspecified atom stereocenters. The number of piperidine rings is 1. The molecule has 1 aromatic rings. The summed E-state index contributed by atoms with van der Waals surface area (Å²) in [4.78, 5) is 15.3. The van der Waals surface area contributed by atoms with Crippen molar-refractivity contribution in [1.29, 1.82) is 0 Å². The minimum absolute atomic E-state index is 0.144. The molecule has 1 aliphatic rings. The van der Waals surface area contributed by atoms with Crippen LogP contribution in [-0.2, 0) is 4.74 Å². The van der Waals surface area contributed by atoms with Gasteiger partial charge in [0, 0.05) is 38.9 Å². The van der Waals surface area contributed by atoms with E-state index in [4.69, 9.17) is 15.2 Å². The van der Waals surface area contributed by atoms with Crippen molar-refractivity contribution in [3.63, 3.8) is 0 Å². The summed E-state index contributed by atoms with van der Waals surface area (Å²) in [5.74, 6) is 0.963. The van der Waals surface area contributed by atoms with Gasteiger partial charge in [-0.05, 0) is 69.5 Å². The van der Waals surface area contributed by atoms with Crippen molar-refractivity contribution in [2.45, 2.75) is 77.5 Å². The first-order valence-electron chi connectivity index (χ1n) is 13.0. The summed E-state index contributed by atoms with van der Waals surface area (Å²) in [7, 11) is 1.69. The van der Waals surface area contributed by atoms with Crippen molar-refractivity contribution in [3.05, 3.63) is 29.8 Å². The molecule has 0 aromatic heterocycles. The molecule has 0 bridgehead atoms. The fourth-order valence-electron chi connectivity index (χ4n) is 4.53. The predicted octanol–water partition coefficient (Wildman–Crippen LogP) is 3.45. The SMILES string of the molecule is COCCCCOc1ccccc1C(=O)NCC(CC(N)C(O)CN1CCCC[C@@H]1C)C(C)C. The lowest BCUT2D eigenvalue weighted by molar-refractivity contribution is 0.0514. The van der Waals surface area contributed by atoms with Crippen LogP contribution in [0.3, 0.4) is 0 Å². The molecular formula is C27H47N3O4. The van der Waals surface area contributed by atoms with E-state index in [1.807, 2.05) is 18.2 Å². The molecule has 0 radical (unpaired) electrons. The topological polar surface area (TPSA) is 97.0 Å². The number of β-amino-alcohol motifs (C(OH)–C–C–N with tert-alkyl or cyclic N) is 1. The summed E-state index contributed by atoms with van der Waals surface area (Å²) < 4.78 is 10.9. The molecule has 4 atom stereocenters. The van der Waals surface area contributed by atoms with Crippen LogP contribution in [0.1, 0.15) is 69.7 Å². The first kappa shape index (κ1) is 28.6. The van der Waals surface area contributed by atoms with Gasteiger partial charge in [-0.2, -0.15) is 0 Å². The molecule has 1 heterocycles. The number of aliphatic hydroxyl groups is 1. The average Bonchev–Trinajstić information content (AvgIpc) is 2.82. The molecule has 1 aliphatic heterocycles. The van der Waals surface area contributed by atoms with Gasteiger partial charge < -0.3 is 25.6 Å². The minimum atomic E-state index is -0.565. The maximum absolute atomic E-state index is 12.9. The van der Waals surface area contributed by atoms with E-state index in [0.717, 1.165) is 19.4 Å². The van der Waals surface area contributed by atoms with E-state index in [-0.39, 0.29) is 17.9 Å². The Hall–Kier alpha value is -1.67. The van der Waals surface area contributed by atoms with Gasteiger partial charge in [-0.1, -0.05) is 32.4 Å². The van der Waals surface area contributed by atoms with Crippen molar-refractivity contribution in [2.75, 3.05) is 40.0 Å². The highest BCUT2D eigenvalue weighted by Gasteiger charge is 2.27. The number of likely N-dealkylation sites (tertiary alicyclic amines) is 1. The number of ether oxygens (including phenoxy) is 2. The second-order valence-corrected chi connectivity index (χ2v) is 10.1. The lowest BCUT2D eigenvalue weighted by Gasteiger charge is -2.36. The van der Waals surface area contributed by atoms with Gasteiger partial charge in [0.05, 0.1) is 18.3 Å². The van der Waals surface area contributed by atoms with E-state index >= 15 is 0 Å². The molecule has 1 saturated heterocycles. The molecule has 0 spiro atoms. The Morgan fingerprint density at radius 2 is 1.97 bits per heavy atom. The summed E-state index contributed by atoms with van der Waals surface area (Å²) in [5.41, 5.74) is 6.97. The Labute approximate surface area is 206 Å². The summed E-state index contributed by atoms with van der Waals surface area (Å²) in [6.07, 6.45) is 5.52. The quantitative estimate of drug-likeness (QED) is 0.335. The number of para-hydroxylation sites is 1. The summed E-state index contributed by atoms with van der Waals surface area (Å²) in [6, 6.07) is 7.53. The average molecular weight is 478 g/mol. The van der Waals surface area contributed by atoms with Crippen LogP contribution in [0.2, 0.25) is 0 Å². The Morgan fingerprint density at radius 3 is 2.68 bits per heavy atom. The largest absolute Gasteiger partial charge is 0.493 e. The number of nitrogens with two attached hydrogens (primary N) is 1. The molecule has 4 N–H and O–H groups in total. The van der Waals surface area contributed by atoms with Crippen LogP contribution in [0.15, 0.2) is 24.3 Å². The van der Waals surface area contributed by atoms with Gasteiger partial charge in [-0.25, -0.2) is 0 Å². The van der Waals surface area contributed by atoms with Crippen LogP contribution in [0, 0.1) is 11.8 Å². The number of aliphatic hydroxyl groups excluding tert-OH is 1. The molecule has 0 saturated carbocycles. The van der Waals surface area contributed by atoms with Crippen molar-refractivity contribution < 1.29 is 19.4 Å². The number of carbonyl (C=O) groups excluding carboxylic acids is 1. The normalized spacial score (nSPS) is 19.6. The van der Waals surface area contributed by atoms with Crippen molar-refractivity contribution in [3.8, 4) is 5.75 Å². The highest BCUT2D eigenvalue weighted by Crippen LogP contribution is 2.22. The molecule has 1 fully saturated rings. The van der Waals surface area contributed by atoms with Crippen LogP contribution in [0.4, 0.5) is 0 Å². The molecule has 7 nitrogen and oxygen atoms in total. The lowest BCUT2D eigenvalue weighted by atomic mass is 9.87. The monoisotopic (exact) mass is 477 g/mol. The smallest absolute Gasteiger partial charge is 0.255 e. The molecule has 7 heteroatoms. The number of methoxy groups -OCH3 is 1. The van der Waals surface area contributed by atoms with Crippen molar-refractivity contribution in [2.24, 2.45) is 17.6 Å². The number of benzene rings is 1. The third-order valence-corrected chi connectivity index (χ3v) is 7.03. The zero-order valence-electron chi connectivity index (χ0n) is 21.7. The van der Waals surface area contributed by atoms with Crippen LogP contribution in [-0.4, -0.2) is 74.1 Å². The predicted molar refractivity (Wildman–Crippen MR) is 137 cm³/mol. The first-order valence-corrected chi connectivity index (χ1v) is 13.0. The third-order valence-electron chi connectivity index (χ3n) is 7.03. The summed E-state index contributed by atoms with van der Waals surface area (Å²) in [6.45, 7) is 9.92. The van der Waals surface area contributed by atoms with Crippen molar-refractivity contribution >= 4 is 5.91 Å². The molecule has 1 aromatic carbocycles. The number of nitrogens with zero attached hydrogens (tertiary/aromatic N) is 1. The molecule has 34 heavy (non-hydrogen) atoms. The molecule has 2 rings (SSSR count). The summed E-state index contributed by atoms with van der Waals surface area (Å²) >= 11 is 0. The standard InChI is InChI=1S/C27H47N3O4/c1-20(2)22(17-24(28)25(31)19-30-14-8-7-11-21(30)3)18-29-27(32)23-12-5-6-13-26(23)34-16-10-9-15-33-4/h5-6,12-13,20-22,24-25,31H,7-11,14-19,28H2,1-4H3,(H,29,32)/t21-,22?,24?,25?/m0/s1. The highest BCUT2D eigenvalue weighted by atomic mass is 16.5. The van der Waals surface area contributed by atoms with Gasteiger partial charge in [0.15, 0.2) is 0 Å². The van der Waals surface area contributed by atoms with Gasteiger partial charge >= 0.3 is 0 Å². The summed E-state index contributed by atoms with van der Waals surface area (Å²) in [5, 5.41) is 13.8. The van der Waals surface area contributed by atoms with Gasteiger partial charge in [0.1, 0.15) is 5.75 Å². The Morgan fingerprint density at radius 1 is 1.24 bits per heavy atom. The number of amides is 1. The number of hydrogen-bond donors (Lipinski definition) is 3. The number of unbranched alkanes of at least 4 members (excludes halogenated alkanes) is 1. The van der Waals surface area contributed by atoms with Crippen molar-refractivity contribution in [1.82, 2.24) is 10.2 Å². The van der Waals surface area contributed by atoms with Crippen LogP contribution < -0.4 is 15.8 Å². The van der Waals surface area contributed by atoms with E-state index in [2.05, 4.69) is 31.0 Å². The van der Waals surface area contributed by atoms with Crippen LogP contribution >= 0.6 is 0 Å². The zero-order chi connectivity index (χ0) is 24.9. The Kier molecular flexibility index (Phi) is 12.9. The van der Waals surface area contributed by atoms with E-state index in [0.29, 0.717) is 56.0 Å². The second-order valence-electron chi connectivity index (χ2n) is 10.1. The van der Waals surface area contributed by atoms with Crippen LogP contribution in [0.5, 0.6) is 5.75 Å². The number of carbonyl (C=O) groups is 1. The zero-order valence-corrected chi connectivity index (χ0v) is 21.7. The van der Waals surface area contributed by atoms with Gasteiger partial charge in [0.2, 0.25) is 0 Å². The maximum atomic E-state index is 12.9. The molecule has 1 amide bonds. The number of hydrogen-bond acceptors (Lipinski definition) is 6. The molecule has 0 aliphatic carbocycles. The van der Waals surface area contributed by atoms with E-state index in [1.165, 1.54) is 19.3 Å². The third kappa shape index (κ3) is 9.53. The first-order chi connectivity index (χ1) is 16.3. The van der Waals surface area contributed by atoms with Gasteiger partial charge in [0.25, 0.3) is 5.91 Å². The van der Waals surface area contributed by atoms with E-state index in [1.54, 1.807) is 13.2 Å². The van der Waals surface area contributed by atoms with Gasteiger partial charge in [-0.15, -0.1) is 0 Å². The van der Waals surface area contributed by atoms with Crippen LogP contribution in [0.25, 0.3) is 0 Å². The van der Waals surface area contributed by atoms with Gasteiger partial charge in [-0.3, -0.25) is 9.69 Å². The Bertz CT molecular complexity index is 715.